The lowest BCUT2D eigenvalue weighted by atomic mass is 9.65. The van der Waals surface area contributed by atoms with E-state index >= 15 is 0 Å². The van der Waals surface area contributed by atoms with E-state index in [2.05, 4.69) is 152 Å². The zero-order chi connectivity index (χ0) is 34.8. The fraction of sp³-hybridized carbons (Fsp3) is 0.0833. The topological polar surface area (TPSA) is 38.9 Å². The molecule has 5 aromatic carbocycles. The molecule has 0 saturated heterocycles. The van der Waals surface area contributed by atoms with Crippen LogP contribution in [0.2, 0.25) is 0 Å². The van der Waals surface area contributed by atoms with Crippen molar-refractivity contribution < 1.29 is 0 Å². The number of hydrogen-bond donors (Lipinski definition) is 0. The summed E-state index contributed by atoms with van der Waals surface area (Å²) in [7, 11) is 2.24. The van der Waals surface area contributed by atoms with Crippen molar-refractivity contribution in [1.29, 1.82) is 0 Å². The first-order chi connectivity index (χ1) is 26.2. The molecule has 1 unspecified atom stereocenters. The van der Waals surface area contributed by atoms with E-state index in [1.165, 1.54) is 82.3 Å². The van der Waals surface area contributed by atoms with E-state index in [1.54, 1.807) is 0 Å². The van der Waals surface area contributed by atoms with Gasteiger partial charge in [0.25, 0.3) is 0 Å². The molecule has 1 atom stereocenters. The molecule has 1 spiro atoms. The van der Waals surface area contributed by atoms with Gasteiger partial charge in [0.15, 0.2) is 0 Å². The predicted molar refractivity (Wildman–Crippen MR) is 216 cm³/mol. The van der Waals surface area contributed by atoms with Gasteiger partial charge in [-0.2, -0.15) is 0 Å². The summed E-state index contributed by atoms with van der Waals surface area (Å²) in [6, 6.07) is 45.0. The molecule has 4 aromatic heterocycles. The highest BCUT2D eigenvalue weighted by molar-refractivity contribution is 6.20. The SMILES string of the molecule is Cn1c2ccccc2c2cc3c4c(c5c(n4-c4ccccc4C34c3ccccc3-c3cc(N(c6cccnc6)c6cccnc6)ccc34)=CCCC=5)c21. The molecule has 0 fully saturated rings. The van der Waals surface area contributed by atoms with Crippen molar-refractivity contribution >= 4 is 61.9 Å². The molecule has 0 amide bonds. The quantitative estimate of drug-likeness (QED) is 0.187. The van der Waals surface area contributed by atoms with Gasteiger partial charge in [-0.25, -0.2) is 0 Å². The molecule has 2 aliphatic carbocycles. The molecule has 0 radical (unpaired) electrons. The second-order valence-corrected chi connectivity index (χ2v) is 14.5. The van der Waals surface area contributed by atoms with Gasteiger partial charge in [-0.15, -0.1) is 0 Å². The van der Waals surface area contributed by atoms with Crippen molar-refractivity contribution in [3.05, 3.63) is 179 Å². The Balaban J connectivity index is 1.26. The Morgan fingerprint density at radius 1 is 0.585 bits per heavy atom. The number of para-hydroxylation sites is 2. The van der Waals surface area contributed by atoms with Gasteiger partial charge in [-0.1, -0.05) is 78.9 Å². The van der Waals surface area contributed by atoms with Crippen LogP contribution >= 0.6 is 0 Å². The summed E-state index contributed by atoms with van der Waals surface area (Å²) in [5.74, 6) is 0. The predicted octanol–water partition coefficient (Wildman–Crippen LogP) is 9.57. The van der Waals surface area contributed by atoms with Gasteiger partial charge in [0, 0.05) is 57.4 Å². The van der Waals surface area contributed by atoms with Crippen LogP contribution in [-0.4, -0.2) is 19.1 Å². The number of rotatable bonds is 3. The molecule has 53 heavy (non-hydrogen) atoms. The van der Waals surface area contributed by atoms with Gasteiger partial charge in [0.2, 0.25) is 0 Å². The Morgan fingerprint density at radius 3 is 2.11 bits per heavy atom. The average molecular weight is 680 g/mol. The maximum atomic E-state index is 4.51. The Bertz CT molecular complexity index is 3100. The number of benzene rings is 5. The van der Waals surface area contributed by atoms with Crippen LogP contribution in [-0.2, 0) is 12.5 Å². The molecule has 250 valence electrons. The fourth-order valence-corrected chi connectivity index (χ4v) is 10.1. The zero-order valence-electron chi connectivity index (χ0n) is 29.2. The molecular weight excluding hydrogens is 647 g/mol. The summed E-state index contributed by atoms with van der Waals surface area (Å²) in [5, 5.41) is 6.64. The van der Waals surface area contributed by atoms with Crippen LogP contribution in [0, 0.1) is 0 Å². The number of nitrogens with zero attached hydrogens (tertiary/aromatic N) is 5. The largest absolute Gasteiger partial charge is 0.343 e. The van der Waals surface area contributed by atoms with Gasteiger partial charge in [-0.3, -0.25) is 9.97 Å². The number of aryl methyl sites for hydroxylation is 1. The van der Waals surface area contributed by atoms with Crippen molar-refractivity contribution in [2.24, 2.45) is 7.05 Å². The number of pyridine rings is 2. The molecular formula is C48H33N5. The van der Waals surface area contributed by atoms with Crippen LogP contribution in [0.25, 0.3) is 61.7 Å². The Labute approximate surface area is 306 Å². The van der Waals surface area contributed by atoms with Crippen LogP contribution in [0.1, 0.15) is 35.1 Å². The Kier molecular flexibility index (Phi) is 5.69. The summed E-state index contributed by atoms with van der Waals surface area (Å²) in [6.07, 6.45) is 14.5. The molecule has 5 heteroatoms. The van der Waals surface area contributed by atoms with Crippen LogP contribution in [0.15, 0.2) is 146 Å². The number of fused-ring (bicyclic) bond motifs is 16. The standard InChI is InChI=1S/C48H33N5/c1-51-42-19-7-3-15-34(42)37-27-41-47-45(46(37)51)35-16-4-8-20-43(35)53(47)44-21-9-6-18-40(44)48(41)38-17-5-2-14-33(38)36-26-30(22-23-39(36)48)52(31-12-10-24-49-28-31)32-13-11-25-50-29-32/h2-3,5-7,9-29H,4,8H2,1H3. The summed E-state index contributed by atoms with van der Waals surface area (Å²) in [5.41, 5.74) is 15.5. The third kappa shape index (κ3) is 3.56. The smallest absolute Gasteiger partial charge is 0.0754 e. The van der Waals surface area contributed by atoms with E-state index in [1.807, 2.05) is 36.9 Å². The van der Waals surface area contributed by atoms with E-state index in [4.69, 9.17) is 0 Å². The maximum absolute atomic E-state index is 4.51. The van der Waals surface area contributed by atoms with E-state index in [0.717, 1.165) is 29.9 Å². The first-order valence-electron chi connectivity index (χ1n) is 18.4. The molecule has 0 N–H and O–H groups in total. The van der Waals surface area contributed by atoms with Crippen LogP contribution < -0.4 is 15.5 Å². The van der Waals surface area contributed by atoms with Crippen molar-refractivity contribution in [1.82, 2.24) is 19.1 Å². The zero-order valence-corrected chi connectivity index (χ0v) is 29.2. The second-order valence-electron chi connectivity index (χ2n) is 14.5. The van der Waals surface area contributed by atoms with Gasteiger partial charge in [0.05, 0.1) is 45.9 Å². The lowest BCUT2D eigenvalue weighted by Gasteiger charge is -2.39. The van der Waals surface area contributed by atoms with Gasteiger partial charge < -0.3 is 14.0 Å². The molecule has 5 heterocycles. The summed E-state index contributed by atoms with van der Waals surface area (Å²) >= 11 is 0. The fourth-order valence-electron chi connectivity index (χ4n) is 10.1. The molecule has 5 nitrogen and oxygen atoms in total. The summed E-state index contributed by atoms with van der Waals surface area (Å²) < 4.78 is 5.02. The van der Waals surface area contributed by atoms with Gasteiger partial charge in [-0.05, 0) is 101 Å². The minimum Gasteiger partial charge on any atom is -0.343 e. The number of aromatic nitrogens is 4. The van der Waals surface area contributed by atoms with Crippen molar-refractivity contribution in [3.8, 4) is 16.8 Å². The van der Waals surface area contributed by atoms with Crippen molar-refractivity contribution in [2.75, 3.05) is 4.90 Å². The lowest BCUT2D eigenvalue weighted by Crippen LogP contribution is -2.37. The number of hydrogen-bond acceptors (Lipinski definition) is 3. The van der Waals surface area contributed by atoms with Crippen molar-refractivity contribution in [2.45, 2.75) is 18.3 Å². The van der Waals surface area contributed by atoms with E-state index in [0.29, 0.717) is 0 Å². The highest BCUT2D eigenvalue weighted by Crippen LogP contribution is 2.61. The minimum atomic E-state index is -0.533. The molecule has 12 rings (SSSR count). The Hall–Kier alpha value is -6.72. The highest BCUT2D eigenvalue weighted by atomic mass is 15.2. The molecule has 1 aliphatic heterocycles. The van der Waals surface area contributed by atoms with Crippen molar-refractivity contribution in [3.63, 3.8) is 0 Å². The third-order valence-electron chi connectivity index (χ3n) is 12.1. The first kappa shape index (κ1) is 28.9. The number of anilines is 3. The monoisotopic (exact) mass is 679 g/mol. The normalized spacial score (nSPS) is 16.2. The lowest BCUT2D eigenvalue weighted by molar-refractivity contribution is 0.742. The van der Waals surface area contributed by atoms with Crippen LogP contribution in [0.3, 0.4) is 0 Å². The summed E-state index contributed by atoms with van der Waals surface area (Å²) in [6.45, 7) is 0. The maximum Gasteiger partial charge on any atom is 0.0754 e. The second kappa shape index (κ2) is 10.4. The first-order valence-corrected chi connectivity index (χ1v) is 18.4. The molecule has 9 aromatic rings. The van der Waals surface area contributed by atoms with Crippen LogP contribution in [0.4, 0.5) is 17.1 Å². The molecule has 3 aliphatic rings. The van der Waals surface area contributed by atoms with Gasteiger partial charge in [0.1, 0.15) is 0 Å². The van der Waals surface area contributed by atoms with E-state index < -0.39 is 5.41 Å². The van der Waals surface area contributed by atoms with Crippen LogP contribution in [0.5, 0.6) is 0 Å². The molecule has 0 bridgehead atoms. The highest BCUT2D eigenvalue weighted by Gasteiger charge is 2.51. The third-order valence-corrected chi connectivity index (χ3v) is 12.1. The van der Waals surface area contributed by atoms with E-state index in [9.17, 15) is 0 Å². The minimum absolute atomic E-state index is 0.533. The molecule has 0 saturated carbocycles. The van der Waals surface area contributed by atoms with Gasteiger partial charge >= 0.3 is 0 Å². The summed E-state index contributed by atoms with van der Waals surface area (Å²) in [4.78, 5) is 11.3. The van der Waals surface area contributed by atoms with E-state index in [-0.39, 0.29) is 0 Å². The average Bonchev–Trinajstić information content (AvgIpc) is 3.82. The Morgan fingerprint density at radius 2 is 1.30 bits per heavy atom.